The van der Waals surface area contributed by atoms with E-state index in [1.807, 2.05) is 13.8 Å². The van der Waals surface area contributed by atoms with Crippen LogP contribution in [0.2, 0.25) is 0 Å². The summed E-state index contributed by atoms with van der Waals surface area (Å²) in [6.07, 6.45) is 14.1. The first-order valence-electron chi connectivity index (χ1n) is 14.6. The van der Waals surface area contributed by atoms with E-state index in [2.05, 4.69) is 46.8 Å². The molecule has 0 aromatic rings. The van der Waals surface area contributed by atoms with Crippen LogP contribution in [0.1, 0.15) is 107 Å². The van der Waals surface area contributed by atoms with Gasteiger partial charge in [-0.05, 0) is 105 Å². The SMILES string of the molecule is CC(=O)O[C@H]1CC[C@]2(C)C3=C(CC[C@@H]2C1(C)C)[C@]1(C)CC[C@@H]([C@H]2CC[C@H](C(C)(C)O)OC2)[C@]1(C)C=C3. The molecule has 5 rings (SSSR count). The number of carbonyl (C=O) groups is 1. The van der Waals surface area contributed by atoms with Crippen molar-refractivity contribution in [2.24, 2.45) is 39.4 Å². The van der Waals surface area contributed by atoms with Gasteiger partial charge in [-0.1, -0.05) is 52.3 Å². The van der Waals surface area contributed by atoms with Crippen LogP contribution in [0.5, 0.6) is 0 Å². The Labute approximate surface area is 219 Å². The quantitative estimate of drug-likeness (QED) is 0.425. The van der Waals surface area contributed by atoms with Gasteiger partial charge in [-0.2, -0.15) is 0 Å². The second-order valence-electron chi connectivity index (χ2n) is 14.8. The van der Waals surface area contributed by atoms with E-state index in [0.29, 0.717) is 17.8 Å². The van der Waals surface area contributed by atoms with Crippen molar-refractivity contribution in [1.29, 1.82) is 0 Å². The summed E-state index contributed by atoms with van der Waals surface area (Å²) in [6.45, 7) is 18.4. The van der Waals surface area contributed by atoms with Crippen LogP contribution in [-0.4, -0.2) is 35.5 Å². The van der Waals surface area contributed by atoms with E-state index in [4.69, 9.17) is 9.47 Å². The van der Waals surface area contributed by atoms with Crippen LogP contribution >= 0.6 is 0 Å². The van der Waals surface area contributed by atoms with E-state index >= 15 is 0 Å². The van der Waals surface area contributed by atoms with Crippen LogP contribution in [0.25, 0.3) is 0 Å². The summed E-state index contributed by atoms with van der Waals surface area (Å²) in [7, 11) is 0. The number of hydrogen-bond donors (Lipinski definition) is 1. The predicted molar refractivity (Wildman–Crippen MR) is 143 cm³/mol. The first-order valence-corrected chi connectivity index (χ1v) is 14.6. The molecule has 0 aromatic heterocycles. The van der Waals surface area contributed by atoms with Crippen molar-refractivity contribution in [1.82, 2.24) is 0 Å². The molecule has 1 N–H and O–H groups in total. The number of hydrogen-bond acceptors (Lipinski definition) is 4. The van der Waals surface area contributed by atoms with Gasteiger partial charge in [-0.15, -0.1) is 0 Å². The summed E-state index contributed by atoms with van der Waals surface area (Å²) in [6, 6.07) is 0. The van der Waals surface area contributed by atoms with Crippen molar-refractivity contribution in [2.45, 2.75) is 125 Å². The van der Waals surface area contributed by atoms with Crippen molar-refractivity contribution < 1.29 is 19.4 Å². The molecule has 36 heavy (non-hydrogen) atoms. The molecule has 4 heteroatoms. The average Bonchev–Trinajstić information content (AvgIpc) is 3.06. The smallest absolute Gasteiger partial charge is 0.302 e. The van der Waals surface area contributed by atoms with Gasteiger partial charge in [0.1, 0.15) is 6.10 Å². The molecule has 0 amide bonds. The number of aliphatic hydroxyl groups is 1. The van der Waals surface area contributed by atoms with Crippen LogP contribution in [0.4, 0.5) is 0 Å². The lowest BCUT2D eigenvalue weighted by Crippen LogP contribution is -2.55. The van der Waals surface area contributed by atoms with Crippen LogP contribution in [-0.2, 0) is 14.3 Å². The maximum atomic E-state index is 11.8. The van der Waals surface area contributed by atoms with Gasteiger partial charge in [-0.3, -0.25) is 4.79 Å². The second kappa shape index (κ2) is 8.43. The maximum Gasteiger partial charge on any atom is 0.302 e. The fourth-order valence-electron chi connectivity index (χ4n) is 9.91. The van der Waals surface area contributed by atoms with Crippen LogP contribution < -0.4 is 0 Å². The minimum Gasteiger partial charge on any atom is -0.462 e. The van der Waals surface area contributed by atoms with Crippen molar-refractivity contribution in [3.8, 4) is 0 Å². The molecule has 5 aliphatic rings. The van der Waals surface area contributed by atoms with E-state index < -0.39 is 5.60 Å². The maximum absolute atomic E-state index is 11.8. The number of ether oxygens (including phenoxy) is 2. The zero-order valence-electron chi connectivity index (χ0n) is 24.1. The second-order valence-corrected chi connectivity index (χ2v) is 14.8. The van der Waals surface area contributed by atoms with Gasteiger partial charge in [0.2, 0.25) is 0 Å². The van der Waals surface area contributed by atoms with Crippen molar-refractivity contribution >= 4 is 5.97 Å². The molecule has 0 spiro atoms. The van der Waals surface area contributed by atoms with Gasteiger partial charge in [0, 0.05) is 12.3 Å². The van der Waals surface area contributed by atoms with Crippen molar-refractivity contribution in [2.75, 3.05) is 6.61 Å². The lowest BCUT2D eigenvalue weighted by molar-refractivity contribution is -0.166. The van der Waals surface area contributed by atoms with E-state index in [-0.39, 0.29) is 39.8 Å². The van der Waals surface area contributed by atoms with Gasteiger partial charge in [-0.25, -0.2) is 0 Å². The van der Waals surface area contributed by atoms with Crippen LogP contribution in [0.15, 0.2) is 23.3 Å². The molecular weight excluding hydrogens is 448 g/mol. The number of esters is 1. The minimum absolute atomic E-state index is 0.0125. The molecule has 2 saturated carbocycles. The zero-order valence-corrected chi connectivity index (χ0v) is 24.1. The fourth-order valence-corrected chi connectivity index (χ4v) is 9.91. The van der Waals surface area contributed by atoms with E-state index in [9.17, 15) is 9.90 Å². The molecule has 0 radical (unpaired) electrons. The fraction of sp³-hybridized carbons (Fsp3) is 0.844. The predicted octanol–water partition coefficient (Wildman–Crippen LogP) is 7.01. The molecule has 1 saturated heterocycles. The molecule has 4 aliphatic carbocycles. The molecule has 0 aromatic carbocycles. The number of rotatable bonds is 3. The minimum atomic E-state index is -0.764. The Morgan fingerprint density at radius 1 is 1.06 bits per heavy atom. The molecule has 0 bridgehead atoms. The van der Waals surface area contributed by atoms with Gasteiger partial charge < -0.3 is 14.6 Å². The van der Waals surface area contributed by atoms with Gasteiger partial charge in [0.05, 0.1) is 18.3 Å². The van der Waals surface area contributed by atoms with Gasteiger partial charge >= 0.3 is 5.97 Å². The third kappa shape index (κ3) is 3.71. The van der Waals surface area contributed by atoms with Crippen LogP contribution in [0.3, 0.4) is 0 Å². The van der Waals surface area contributed by atoms with E-state index in [1.54, 1.807) is 18.1 Å². The molecular formula is C32H50O4. The number of fused-ring (bicyclic) bond motifs is 4. The number of allylic oxidation sites excluding steroid dienone is 4. The summed E-state index contributed by atoms with van der Waals surface area (Å²) in [5, 5.41) is 10.5. The van der Waals surface area contributed by atoms with E-state index in [0.717, 1.165) is 38.7 Å². The standard InChI is InChI=1S/C32H50O4/c1-20(33)36-26-15-16-30(6)23-14-18-31(7)22(21-9-12-27(35-19-21)29(4,5)34)13-17-32(31,8)24(23)10-11-25(30)28(26,2)3/h14,18,21-22,25-27,34H,9-13,15-17,19H2,1-8H3/t21-,22-,25+,26-,27+,30+,31-,32-/m0/s1. The monoisotopic (exact) mass is 498 g/mol. The molecule has 4 nitrogen and oxygen atoms in total. The van der Waals surface area contributed by atoms with E-state index in [1.165, 1.54) is 19.3 Å². The first-order chi connectivity index (χ1) is 16.6. The Morgan fingerprint density at radius 3 is 2.39 bits per heavy atom. The highest BCUT2D eigenvalue weighted by Gasteiger charge is 2.63. The molecule has 8 atom stereocenters. The normalized spacial score (nSPS) is 46.1. The largest absolute Gasteiger partial charge is 0.462 e. The van der Waals surface area contributed by atoms with Gasteiger partial charge in [0.25, 0.3) is 0 Å². The summed E-state index contributed by atoms with van der Waals surface area (Å²) in [5.74, 6) is 1.55. The third-order valence-corrected chi connectivity index (χ3v) is 12.2. The topological polar surface area (TPSA) is 55.8 Å². The highest BCUT2D eigenvalue weighted by molar-refractivity contribution is 5.66. The molecule has 1 aliphatic heterocycles. The first kappa shape index (κ1) is 26.5. The van der Waals surface area contributed by atoms with Crippen LogP contribution in [0, 0.1) is 39.4 Å². The summed E-state index contributed by atoms with van der Waals surface area (Å²) in [4.78, 5) is 11.8. The molecule has 3 fully saturated rings. The Bertz CT molecular complexity index is 961. The Kier molecular flexibility index (Phi) is 6.20. The molecule has 1 heterocycles. The average molecular weight is 499 g/mol. The summed E-state index contributed by atoms with van der Waals surface area (Å²) in [5.41, 5.74) is 3.02. The zero-order chi connectivity index (χ0) is 26.3. The Balaban J connectivity index is 1.42. The lowest BCUT2D eigenvalue weighted by Gasteiger charge is -2.60. The highest BCUT2D eigenvalue weighted by atomic mass is 16.5. The third-order valence-electron chi connectivity index (χ3n) is 12.2. The highest BCUT2D eigenvalue weighted by Crippen LogP contribution is 2.71. The Hall–Kier alpha value is -1.13. The number of carbonyl (C=O) groups excluding carboxylic acids is 1. The van der Waals surface area contributed by atoms with Crippen molar-refractivity contribution in [3.05, 3.63) is 23.3 Å². The molecule has 0 unspecified atom stereocenters. The van der Waals surface area contributed by atoms with Crippen molar-refractivity contribution in [3.63, 3.8) is 0 Å². The summed E-state index contributed by atoms with van der Waals surface area (Å²) < 4.78 is 12.1. The van der Waals surface area contributed by atoms with Gasteiger partial charge in [0.15, 0.2) is 0 Å². The lowest BCUT2D eigenvalue weighted by atomic mass is 9.45. The molecule has 202 valence electrons. The Morgan fingerprint density at radius 2 is 1.78 bits per heavy atom. The summed E-state index contributed by atoms with van der Waals surface area (Å²) >= 11 is 0.